The fourth-order valence-corrected chi connectivity index (χ4v) is 1.14. The molecule has 0 aromatic heterocycles. The van der Waals surface area contributed by atoms with Crippen LogP contribution in [0.3, 0.4) is 0 Å². The molecule has 82 valence electrons. The number of hydrogen-bond donors (Lipinski definition) is 2. The SMILES string of the molecule is O=C1OC(=C(O)O)OC(=O)c2ccc1cc2. The molecule has 2 aliphatic heterocycles. The summed E-state index contributed by atoms with van der Waals surface area (Å²) in [6, 6.07) is 5.49. The van der Waals surface area contributed by atoms with Crippen LogP contribution in [-0.4, -0.2) is 22.2 Å². The zero-order valence-electron chi connectivity index (χ0n) is 7.84. The molecule has 0 amide bonds. The van der Waals surface area contributed by atoms with Crippen LogP contribution in [-0.2, 0) is 9.47 Å². The Morgan fingerprint density at radius 3 is 1.56 bits per heavy atom. The number of carbonyl (C=O) groups is 2. The van der Waals surface area contributed by atoms with E-state index in [1.54, 1.807) is 0 Å². The molecule has 0 spiro atoms. The lowest BCUT2D eigenvalue weighted by atomic mass is 10.1. The smallest absolute Gasteiger partial charge is 0.380 e. The molecule has 1 aromatic rings. The van der Waals surface area contributed by atoms with Crippen LogP contribution in [0.1, 0.15) is 20.7 Å². The molecule has 6 nitrogen and oxygen atoms in total. The molecule has 0 radical (unpaired) electrons. The highest BCUT2D eigenvalue weighted by Gasteiger charge is 2.23. The Morgan fingerprint density at radius 1 is 0.875 bits per heavy atom. The zero-order chi connectivity index (χ0) is 11.7. The number of hydrogen-bond acceptors (Lipinski definition) is 6. The molecule has 0 fully saturated rings. The molecule has 2 heterocycles. The summed E-state index contributed by atoms with van der Waals surface area (Å²) < 4.78 is 8.96. The second-order valence-corrected chi connectivity index (χ2v) is 2.97. The molecule has 0 saturated carbocycles. The summed E-state index contributed by atoms with van der Waals surface area (Å²) in [5, 5.41) is 17.5. The van der Waals surface area contributed by atoms with Crippen molar-refractivity contribution in [3.05, 3.63) is 47.3 Å². The molecular weight excluding hydrogens is 216 g/mol. The van der Waals surface area contributed by atoms with E-state index in [-0.39, 0.29) is 11.1 Å². The topological polar surface area (TPSA) is 93.1 Å². The van der Waals surface area contributed by atoms with Gasteiger partial charge < -0.3 is 19.7 Å². The summed E-state index contributed by atoms with van der Waals surface area (Å²) in [5.74, 6) is -4.00. The van der Waals surface area contributed by atoms with Gasteiger partial charge >= 0.3 is 23.8 Å². The number of aliphatic hydroxyl groups is 2. The largest absolute Gasteiger partial charge is 0.476 e. The van der Waals surface area contributed by atoms with Crippen LogP contribution in [0.2, 0.25) is 0 Å². The minimum Gasteiger partial charge on any atom is -0.476 e. The van der Waals surface area contributed by atoms with Gasteiger partial charge in [-0.15, -0.1) is 0 Å². The van der Waals surface area contributed by atoms with E-state index in [0.29, 0.717) is 0 Å². The molecule has 2 bridgehead atoms. The highest BCUT2D eigenvalue weighted by atomic mass is 16.7. The summed E-state index contributed by atoms with van der Waals surface area (Å²) in [4.78, 5) is 22.8. The molecule has 16 heavy (non-hydrogen) atoms. The van der Waals surface area contributed by atoms with Gasteiger partial charge in [0, 0.05) is 0 Å². The number of benzene rings is 1. The predicted molar refractivity (Wildman–Crippen MR) is 49.6 cm³/mol. The summed E-state index contributed by atoms with van der Waals surface area (Å²) in [6.07, 6.45) is 0. The number of esters is 2. The third-order valence-corrected chi connectivity index (χ3v) is 1.91. The quantitative estimate of drug-likeness (QED) is 0.507. The standard InChI is InChI=1S/C10H6O6/c11-7(12)10-15-8(13)5-1-2-6(4-3-5)9(14)16-10/h1-4,11-12H. The highest BCUT2D eigenvalue weighted by Crippen LogP contribution is 2.16. The van der Waals surface area contributed by atoms with Gasteiger partial charge in [0.25, 0.3) is 0 Å². The van der Waals surface area contributed by atoms with Crippen molar-refractivity contribution >= 4 is 11.9 Å². The molecular formula is C10H6O6. The summed E-state index contributed by atoms with van der Waals surface area (Å²) in [5.41, 5.74) is 0.335. The fourth-order valence-electron chi connectivity index (χ4n) is 1.14. The van der Waals surface area contributed by atoms with Crippen LogP contribution in [0.4, 0.5) is 0 Å². The van der Waals surface area contributed by atoms with E-state index < -0.39 is 23.8 Å². The average molecular weight is 222 g/mol. The Labute approximate surface area is 89.3 Å². The van der Waals surface area contributed by atoms with Crippen molar-refractivity contribution in [1.29, 1.82) is 0 Å². The minimum atomic E-state index is -1.37. The maximum atomic E-state index is 11.4. The van der Waals surface area contributed by atoms with Gasteiger partial charge in [-0.2, -0.15) is 0 Å². The van der Waals surface area contributed by atoms with E-state index in [4.69, 9.17) is 10.2 Å². The first-order valence-corrected chi connectivity index (χ1v) is 4.24. The van der Waals surface area contributed by atoms with E-state index in [9.17, 15) is 9.59 Å². The van der Waals surface area contributed by atoms with E-state index in [2.05, 4.69) is 9.47 Å². The number of aliphatic hydroxyl groups excluding tert-OH is 1. The van der Waals surface area contributed by atoms with Crippen LogP contribution in [0, 0.1) is 0 Å². The monoisotopic (exact) mass is 222 g/mol. The zero-order valence-corrected chi connectivity index (χ0v) is 7.84. The molecule has 0 aliphatic carbocycles. The maximum absolute atomic E-state index is 11.4. The fraction of sp³-hybridized carbons (Fsp3) is 0. The van der Waals surface area contributed by atoms with Crippen molar-refractivity contribution < 1.29 is 29.3 Å². The Kier molecular flexibility index (Phi) is 2.24. The van der Waals surface area contributed by atoms with Crippen molar-refractivity contribution in [2.45, 2.75) is 0 Å². The second-order valence-electron chi connectivity index (χ2n) is 2.97. The first kappa shape index (κ1) is 10.0. The first-order valence-electron chi connectivity index (χ1n) is 4.24. The summed E-state index contributed by atoms with van der Waals surface area (Å²) >= 11 is 0. The lowest BCUT2D eigenvalue weighted by molar-refractivity contribution is 0.00655. The molecule has 0 unspecified atom stereocenters. The predicted octanol–water partition coefficient (Wildman–Crippen LogP) is 1.26. The Balaban J connectivity index is 2.50. The van der Waals surface area contributed by atoms with E-state index in [1.165, 1.54) is 24.3 Å². The Morgan fingerprint density at radius 2 is 1.25 bits per heavy atom. The molecule has 0 saturated heterocycles. The van der Waals surface area contributed by atoms with E-state index >= 15 is 0 Å². The Hall–Kier alpha value is -2.50. The van der Waals surface area contributed by atoms with Crippen LogP contribution >= 0.6 is 0 Å². The number of rotatable bonds is 0. The maximum Gasteiger partial charge on any atom is 0.380 e. The van der Waals surface area contributed by atoms with Crippen molar-refractivity contribution in [2.75, 3.05) is 0 Å². The minimum absolute atomic E-state index is 0.167. The number of fused-ring (bicyclic) bond motifs is 6. The lowest BCUT2D eigenvalue weighted by Crippen LogP contribution is -2.11. The number of carbonyl (C=O) groups excluding carboxylic acids is 2. The van der Waals surface area contributed by atoms with E-state index in [1.807, 2.05) is 0 Å². The normalized spacial score (nSPS) is 14.6. The van der Waals surface area contributed by atoms with Gasteiger partial charge in [0.2, 0.25) is 0 Å². The molecule has 2 aliphatic rings. The van der Waals surface area contributed by atoms with Crippen molar-refractivity contribution in [3.8, 4) is 0 Å². The average Bonchev–Trinajstić information content (AvgIpc) is 2.35. The van der Waals surface area contributed by atoms with Crippen LogP contribution < -0.4 is 0 Å². The molecule has 6 heteroatoms. The number of ether oxygens (including phenoxy) is 2. The van der Waals surface area contributed by atoms with Crippen LogP contribution in [0.5, 0.6) is 0 Å². The van der Waals surface area contributed by atoms with Gasteiger partial charge in [-0.3, -0.25) is 0 Å². The molecule has 0 atom stereocenters. The second kappa shape index (κ2) is 3.58. The van der Waals surface area contributed by atoms with Crippen molar-refractivity contribution in [1.82, 2.24) is 0 Å². The molecule has 2 N–H and O–H groups in total. The molecule has 1 aromatic carbocycles. The Bertz CT molecular complexity index is 442. The molecule has 3 rings (SSSR count). The third kappa shape index (κ3) is 1.68. The van der Waals surface area contributed by atoms with Crippen molar-refractivity contribution in [3.63, 3.8) is 0 Å². The van der Waals surface area contributed by atoms with E-state index in [0.717, 1.165) is 0 Å². The summed E-state index contributed by atoms with van der Waals surface area (Å²) in [7, 11) is 0. The third-order valence-electron chi connectivity index (χ3n) is 1.91. The van der Waals surface area contributed by atoms with Crippen molar-refractivity contribution in [2.24, 2.45) is 0 Å². The lowest BCUT2D eigenvalue weighted by Gasteiger charge is -2.05. The first-order chi connectivity index (χ1) is 7.58. The van der Waals surface area contributed by atoms with Gasteiger partial charge in [-0.05, 0) is 24.3 Å². The van der Waals surface area contributed by atoms with Gasteiger partial charge in [-0.25, -0.2) is 9.59 Å². The highest BCUT2D eigenvalue weighted by molar-refractivity contribution is 5.95. The van der Waals surface area contributed by atoms with Gasteiger partial charge in [0.1, 0.15) is 0 Å². The van der Waals surface area contributed by atoms with Gasteiger partial charge in [-0.1, -0.05) is 0 Å². The summed E-state index contributed by atoms with van der Waals surface area (Å²) in [6.45, 7) is 0. The van der Waals surface area contributed by atoms with Crippen LogP contribution in [0.15, 0.2) is 36.2 Å². The van der Waals surface area contributed by atoms with Gasteiger partial charge in [0.15, 0.2) is 0 Å². The van der Waals surface area contributed by atoms with Crippen LogP contribution in [0.25, 0.3) is 0 Å². The van der Waals surface area contributed by atoms with Gasteiger partial charge in [0.05, 0.1) is 11.1 Å².